The topological polar surface area (TPSA) is 134 Å². The van der Waals surface area contributed by atoms with Crippen LogP contribution in [0.25, 0.3) is 0 Å². The van der Waals surface area contributed by atoms with Gasteiger partial charge in [-0.15, -0.1) is 0 Å². The Hall–Kier alpha value is -0.103. The van der Waals surface area contributed by atoms with Gasteiger partial charge in [0.05, 0.1) is 20.1 Å². The lowest BCUT2D eigenvalue weighted by Gasteiger charge is -2.12. The van der Waals surface area contributed by atoms with Crippen molar-refractivity contribution in [3.63, 3.8) is 0 Å². The van der Waals surface area contributed by atoms with Crippen LogP contribution in [0.3, 0.4) is 0 Å². The molecule has 0 aliphatic heterocycles. The van der Waals surface area contributed by atoms with Crippen LogP contribution in [0.1, 0.15) is 0 Å². The van der Waals surface area contributed by atoms with Gasteiger partial charge in [0.2, 0.25) is 0 Å². The highest BCUT2D eigenvalue weighted by Gasteiger charge is 2.27. The van der Waals surface area contributed by atoms with Crippen LogP contribution >= 0.6 is 0 Å². The Bertz CT molecular complexity index is 115. The lowest BCUT2D eigenvalue weighted by Crippen LogP contribution is -2.37. The third kappa shape index (κ3) is 14.4. The zero-order valence-electron chi connectivity index (χ0n) is 7.87. The molecule has 0 atom stereocenters. The van der Waals surface area contributed by atoms with Crippen molar-refractivity contribution in [1.29, 1.82) is 0 Å². The second-order valence-corrected chi connectivity index (χ2v) is 3.73. The molecule has 14 heavy (non-hydrogen) atoms. The highest BCUT2D eigenvalue weighted by atomic mass is 28.4. The molecule has 0 amide bonds. The van der Waals surface area contributed by atoms with Crippen molar-refractivity contribution in [3.05, 3.63) is 0 Å². The smallest absolute Gasteiger partial charge is 0.395 e. The fourth-order valence-electron chi connectivity index (χ4n) is 0.328. The quantitative estimate of drug-likeness (QED) is 0.210. The standard InChI is InChI=1S/C4H11NO3.CH6O4Si/c6-2-1-5(3-7)4-8;1-5-6(2,3)4/h6-8H,1-4H2;2-4H,1H3. The molecule has 0 aromatic carbocycles. The van der Waals surface area contributed by atoms with Crippen LogP contribution in [0.15, 0.2) is 0 Å². The number of aliphatic hydroxyl groups is 3. The van der Waals surface area contributed by atoms with Gasteiger partial charge in [-0.2, -0.15) is 0 Å². The van der Waals surface area contributed by atoms with E-state index in [9.17, 15) is 0 Å². The summed E-state index contributed by atoms with van der Waals surface area (Å²) in [5, 5.41) is 24.9. The van der Waals surface area contributed by atoms with Crippen molar-refractivity contribution in [2.75, 3.05) is 33.7 Å². The first kappa shape index (κ1) is 16.3. The highest BCUT2D eigenvalue weighted by molar-refractivity contribution is 6.48. The number of hydrogen-bond donors (Lipinski definition) is 6. The Balaban J connectivity index is 0. The van der Waals surface area contributed by atoms with Crippen molar-refractivity contribution < 1.29 is 34.1 Å². The minimum absolute atomic E-state index is 0.0406. The van der Waals surface area contributed by atoms with Gasteiger partial charge in [-0.05, 0) is 0 Å². The SMILES string of the molecule is CO[Si](O)(O)O.OCCN(CO)CO. The van der Waals surface area contributed by atoms with E-state index in [-0.39, 0.29) is 20.1 Å². The molecule has 0 unspecified atom stereocenters. The van der Waals surface area contributed by atoms with E-state index in [4.69, 9.17) is 29.7 Å². The van der Waals surface area contributed by atoms with Crippen LogP contribution in [0.5, 0.6) is 0 Å². The maximum absolute atomic E-state index is 8.31. The molecule has 9 heteroatoms. The molecule has 0 aliphatic rings. The number of rotatable bonds is 5. The van der Waals surface area contributed by atoms with E-state index in [2.05, 4.69) is 4.43 Å². The van der Waals surface area contributed by atoms with E-state index in [1.165, 1.54) is 4.90 Å². The average Bonchev–Trinajstić information content (AvgIpc) is 2.14. The van der Waals surface area contributed by atoms with E-state index >= 15 is 0 Å². The molecule has 0 aromatic heterocycles. The number of aliphatic hydroxyl groups excluding tert-OH is 3. The Morgan fingerprint density at radius 2 is 1.43 bits per heavy atom. The summed E-state index contributed by atoms with van der Waals surface area (Å²) in [6.07, 6.45) is 0. The molecule has 0 fully saturated rings. The molecule has 0 heterocycles. The Morgan fingerprint density at radius 1 is 1.07 bits per heavy atom. The van der Waals surface area contributed by atoms with Crippen LogP contribution < -0.4 is 0 Å². The van der Waals surface area contributed by atoms with E-state index < -0.39 is 9.05 Å². The summed E-state index contributed by atoms with van der Waals surface area (Å²) in [7, 11) is -3.11. The molecule has 6 N–H and O–H groups in total. The minimum atomic E-state index is -4.13. The summed E-state index contributed by atoms with van der Waals surface area (Å²) in [6, 6.07) is 0. The fourth-order valence-corrected chi connectivity index (χ4v) is 0.328. The van der Waals surface area contributed by atoms with Gasteiger partial charge in [-0.1, -0.05) is 0 Å². The summed E-state index contributed by atoms with van der Waals surface area (Å²) in [5.41, 5.74) is 0. The van der Waals surface area contributed by atoms with Gasteiger partial charge in [0, 0.05) is 13.7 Å². The van der Waals surface area contributed by atoms with Gasteiger partial charge < -0.3 is 34.1 Å². The molecule has 0 bridgehead atoms. The zero-order valence-corrected chi connectivity index (χ0v) is 8.87. The Morgan fingerprint density at radius 3 is 1.50 bits per heavy atom. The molecule has 0 aromatic rings. The number of nitrogens with zero attached hydrogens (tertiary/aromatic N) is 1. The van der Waals surface area contributed by atoms with Gasteiger partial charge in [-0.25, -0.2) is 0 Å². The second-order valence-electron chi connectivity index (χ2n) is 2.18. The predicted molar refractivity (Wildman–Crippen MR) is 47.4 cm³/mol. The van der Waals surface area contributed by atoms with E-state index in [0.717, 1.165) is 7.11 Å². The first-order valence-electron chi connectivity index (χ1n) is 3.68. The van der Waals surface area contributed by atoms with Crippen molar-refractivity contribution >= 4 is 9.05 Å². The Labute approximate surface area is 82.7 Å². The first-order valence-corrected chi connectivity index (χ1v) is 5.43. The lowest BCUT2D eigenvalue weighted by molar-refractivity contribution is 0.0184. The average molecular weight is 231 g/mol. The molecule has 0 saturated carbocycles. The summed E-state index contributed by atoms with van der Waals surface area (Å²) in [4.78, 5) is 24.9. The number of hydrogen-bond acceptors (Lipinski definition) is 8. The van der Waals surface area contributed by atoms with Gasteiger partial charge in [0.1, 0.15) is 0 Å². The largest absolute Gasteiger partial charge is 0.671 e. The predicted octanol–water partition coefficient (Wildman–Crippen LogP) is -3.77. The molecule has 0 saturated heterocycles. The third-order valence-electron chi connectivity index (χ3n) is 1.09. The molecular weight excluding hydrogens is 214 g/mol. The van der Waals surface area contributed by atoms with Crippen molar-refractivity contribution in [2.45, 2.75) is 0 Å². The van der Waals surface area contributed by atoms with E-state index in [1.807, 2.05) is 0 Å². The van der Waals surface area contributed by atoms with Gasteiger partial charge in [0.25, 0.3) is 0 Å². The monoisotopic (exact) mass is 231 g/mol. The molecular formula is C5H17NO7Si. The first-order chi connectivity index (χ1) is 6.41. The van der Waals surface area contributed by atoms with Crippen LogP contribution in [0.2, 0.25) is 0 Å². The minimum Gasteiger partial charge on any atom is -0.395 e. The molecule has 0 rings (SSSR count). The summed E-state index contributed by atoms with van der Waals surface area (Å²) < 4.78 is 3.74. The van der Waals surface area contributed by atoms with Crippen molar-refractivity contribution in [1.82, 2.24) is 4.90 Å². The highest BCUT2D eigenvalue weighted by Crippen LogP contribution is 1.80. The third-order valence-corrected chi connectivity index (χ3v) is 1.64. The van der Waals surface area contributed by atoms with E-state index in [0.29, 0.717) is 6.54 Å². The summed E-state index contributed by atoms with van der Waals surface area (Å²) in [5.74, 6) is 0. The van der Waals surface area contributed by atoms with Crippen LogP contribution in [-0.2, 0) is 4.43 Å². The fraction of sp³-hybridized carbons (Fsp3) is 1.00. The normalized spacial score (nSPS) is 11.1. The maximum Gasteiger partial charge on any atom is 0.671 e. The van der Waals surface area contributed by atoms with Crippen molar-refractivity contribution in [2.24, 2.45) is 0 Å². The molecule has 0 aliphatic carbocycles. The van der Waals surface area contributed by atoms with Crippen molar-refractivity contribution in [3.8, 4) is 0 Å². The van der Waals surface area contributed by atoms with Gasteiger partial charge in [-0.3, -0.25) is 4.90 Å². The second kappa shape index (κ2) is 9.45. The van der Waals surface area contributed by atoms with Gasteiger partial charge in [0.15, 0.2) is 0 Å². The van der Waals surface area contributed by atoms with E-state index in [1.54, 1.807) is 0 Å². The molecule has 88 valence electrons. The van der Waals surface area contributed by atoms with Gasteiger partial charge >= 0.3 is 9.05 Å². The maximum atomic E-state index is 8.31. The van der Waals surface area contributed by atoms with Crippen LogP contribution in [0, 0.1) is 0 Å². The summed E-state index contributed by atoms with van der Waals surface area (Å²) >= 11 is 0. The zero-order chi connectivity index (χ0) is 11.6. The lowest BCUT2D eigenvalue weighted by atomic mass is 10.6. The summed E-state index contributed by atoms with van der Waals surface area (Å²) in [6.45, 7) is -0.151. The molecule has 0 radical (unpaired) electrons. The van der Waals surface area contributed by atoms with Crippen LogP contribution in [-0.4, -0.2) is 77.4 Å². The Kier molecular flexibility index (Phi) is 11.0. The molecule has 8 nitrogen and oxygen atoms in total. The molecule has 0 spiro atoms. The van der Waals surface area contributed by atoms with Crippen LogP contribution in [0.4, 0.5) is 0 Å².